The molecule has 0 saturated heterocycles. The molecule has 0 aromatic heterocycles. The van der Waals surface area contributed by atoms with Crippen LogP contribution in [0.5, 0.6) is 5.75 Å². The van der Waals surface area contributed by atoms with Crippen LogP contribution in [0, 0.1) is 13.8 Å². The first kappa shape index (κ1) is 24.9. The van der Waals surface area contributed by atoms with Crippen molar-refractivity contribution in [2.45, 2.75) is 18.7 Å². The molecule has 1 amide bonds. The summed E-state index contributed by atoms with van der Waals surface area (Å²) in [6.45, 7) is 4.01. The number of benzene rings is 3. The normalized spacial score (nSPS) is 11.2. The molecule has 6 nitrogen and oxygen atoms in total. The number of sulfonamides is 1. The lowest BCUT2D eigenvalue weighted by Crippen LogP contribution is -2.42. The number of hydrogen-bond acceptors (Lipinski definition) is 4. The van der Waals surface area contributed by atoms with Crippen LogP contribution in [0.3, 0.4) is 0 Å². The van der Waals surface area contributed by atoms with Gasteiger partial charge in [0.05, 0.1) is 17.1 Å². The Morgan fingerprint density at radius 3 is 2.24 bits per heavy atom. The van der Waals surface area contributed by atoms with Gasteiger partial charge in [0.2, 0.25) is 5.91 Å². The fourth-order valence-electron chi connectivity index (χ4n) is 3.07. The molecule has 0 saturated carbocycles. The second kappa shape index (κ2) is 10.9. The summed E-state index contributed by atoms with van der Waals surface area (Å²) >= 11 is 12.2. The van der Waals surface area contributed by atoms with Crippen LogP contribution >= 0.6 is 23.2 Å². The molecule has 0 aliphatic carbocycles. The number of amides is 1. The fraction of sp³-hybridized carbons (Fsp3) is 0.208. The van der Waals surface area contributed by atoms with E-state index in [9.17, 15) is 13.2 Å². The quantitative estimate of drug-likeness (QED) is 0.414. The van der Waals surface area contributed by atoms with Crippen molar-refractivity contribution in [3.05, 3.63) is 87.9 Å². The first-order valence-corrected chi connectivity index (χ1v) is 12.4. The second-order valence-electron chi connectivity index (χ2n) is 7.40. The molecule has 3 aromatic carbocycles. The van der Waals surface area contributed by atoms with Gasteiger partial charge in [0, 0.05) is 10.0 Å². The average molecular weight is 507 g/mol. The van der Waals surface area contributed by atoms with Gasteiger partial charge in [0.1, 0.15) is 18.9 Å². The molecule has 174 valence electrons. The van der Waals surface area contributed by atoms with Gasteiger partial charge < -0.3 is 10.1 Å². The van der Waals surface area contributed by atoms with E-state index in [-0.39, 0.29) is 33.8 Å². The first-order valence-electron chi connectivity index (χ1n) is 10.2. The van der Waals surface area contributed by atoms with Crippen molar-refractivity contribution < 1.29 is 17.9 Å². The zero-order valence-corrected chi connectivity index (χ0v) is 20.5. The van der Waals surface area contributed by atoms with Crippen LogP contribution in [0.1, 0.15) is 11.1 Å². The van der Waals surface area contributed by atoms with Gasteiger partial charge >= 0.3 is 0 Å². The summed E-state index contributed by atoms with van der Waals surface area (Å²) in [6, 6.07) is 18.0. The van der Waals surface area contributed by atoms with Crippen LogP contribution in [0.25, 0.3) is 0 Å². The van der Waals surface area contributed by atoms with Crippen LogP contribution in [-0.4, -0.2) is 34.0 Å². The van der Waals surface area contributed by atoms with Gasteiger partial charge in [-0.2, -0.15) is 0 Å². The number of halogens is 2. The Morgan fingerprint density at radius 1 is 0.939 bits per heavy atom. The van der Waals surface area contributed by atoms with E-state index in [0.29, 0.717) is 5.75 Å². The van der Waals surface area contributed by atoms with Gasteiger partial charge in [-0.1, -0.05) is 47.5 Å². The second-order valence-corrected chi connectivity index (χ2v) is 10.1. The van der Waals surface area contributed by atoms with Gasteiger partial charge in [0.25, 0.3) is 10.0 Å². The van der Waals surface area contributed by atoms with Crippen molar-refractivity contribution in [2.75, 3.05) is 24.0 Å². The predicted octanol–water partition coefficient (Wildman–Crippen LogP) is 5.00. The lowest BCUT2D eigenvalue weighted by molar-refractivity contribution is -0.119. The molecule has 3 aromatic rings. The molecule has 3 rings (SSSR count). The Morgan fingerprint density at radius 2 is 1.61 bits per heavy atom. The van der Waals surface area contributed by atoms with Gasteiger partial charge in [-0.3, -0.25) is 9.10 Å². The molecule has 0 unspecified atom stereocenters. The standard InChI is InChI=1S/C24H24Cl2N2O4S/c1-17-8-9-22(12-18(17)2)32-11-10-27-24(29)16-28(21-14-19(25)13-20(26)15-21)33(30,31)23-6-4-3-5-7-23/h3-9,12-15H,10-11,16H2,1-2H3,(H,27,29). The molecule has 0 atom stereocenters. The van der Waals surface area contributed by atoms with E-state index in [0.717, 1.165) is 15.4 Å². The Kier molecular flexibility index (Phi) is 8.24. The maximum absolute atomic E-state index is 13.3. The summed E-state index contributed by atoms with van der Waals surface area (Å²) in [6.07, 6.45) is 0. The van der Waals surface area contributed by atoms with Crippen LogP contribution in [0.2, 0.25) is 10.0 Å². The summed E-state index contributed by atoms with van der Waals surface area (Å²) in [5.41, 5.74) is 2.47. The molecule has 9 heteroatoms. The van der Waals surface area contributed by atoms with Crippen molar-refractivity contribution in [1.29, 1.82) is 0 Å². The topological polar surface area (TPSA) is 75.7 Å². The molecule has 0 aliphatic heterocycles. The van der Waals surface area contributed by atoms with E-state index < -0.39 is 22.5 Å². The smallest absolute Gasteiger partial charge is 0.264 e. The van der Waals surface area contributed by atoms with Crippen molar-refractivity contribution in [3.8, 4) is 5.75 Å². The van der Waals surface area contributed by atoms with E-state index in [1.807, 2.05) is 32.0 Å². The number of anilines is 1. The van der Waals surface area contributed by atoms with Crippen LogP contribution in [0.4, 0.5) is 5.69 Å². The highest BCUT2D eigenvalue weighted by atomic mass is 35.5. The van der Waals surface area contributed by atoms with Gasteiger partial charge in [-0.05, 0) is 67.4 Å². The Hall–Kier alpha value is -2.74. The summed E-state index contributed by atoms with van der Waals surface area (Å²) in [5.74, 6) is 0.212. The number of nitrogens with zero attached hydrogens (tertiary/aromatic N) is 1. The van der Waals surface area contributed by atoms with Crippen molar-refractivity contribution in [3.63, 3.8) is 0 Å². The number of carbonyl (C=O) groups is 1. The van der Waals surface area contributed by atoms with Gasteiger partial charge in [0.15, 0.2) is 0 Å². The minimum Gasteiger partial charge on any atom is -0.492 e. The zero-order chi connectivity index (χ0) is 24.0. The highest BCUT2D eigenvalue weighted by Gasteiger charge is 2.27. The number of rotatable bonds is 9. The van der Waals surface area contributed by atoms with Crippen LogP contribution in [0.15, 0.2) is 71.6 Å². The Bertz CT molecular complexity index is 1210. The number of nitrogens with one attached hydrogen (secondary N) is 1. The lowest BCUT2D eigenvalue weighted by Gasteiger charge is -2.24. The van der Waals surface area contributed by atoms with Gasteiger partial charge in [-0.15, -0.1) is 0 Å². The monoisotopic (exact) mass is 506 g/mol. The first-order chi connectivity index (χ1) is 15.7. The van der Waals surface area contributed by atoms with E-state index >= 15 is 0 Å². The molecule has 0 bridgehead atoms. The molecular weight excluding hydrogens is 483 g/mol. The van der Waals surface area contributed by atoms with Crippen molar-refractivity contribution in [1.82, 2.24) is 5.32 Å². The highest BCUT2D eigenvalue weighted by Crippen LogP contribution is 2.29. The molecular formula is C24H24Cl2N2O4S. The predicted molar refractivity (Wildman–Crippen MR) is 132 cm³/mol. The fourth-order valence-corrected chi connectivity index (χ4v) is 5.01. The SMILES string of the molecule is Cc1ccc(OCCNC(=O)CN(c2cc(Cl)cc(Cl)c2)S(=O)(=O)c2ccccc2)cc1C. The largest absolute Gasteiger partial charge is 0.492 e. The van der Waals surface area contributed by atoms with Crippen molar-refractivity contribution >= 4 is 44.8 Å². The number of ether oxygens (including phenoxy) is 1. The molecule has 0 spiro atoms. The molecule has 0 heterocycles. The minimum absolute atomic E-state index is 0.0481. The molecule has 0 aliphatic rings. The van der Waals surface area contributed by atoms with E-state index in [1.165, 1.54) is 30.3 Å². The van der Waals surface area contributed by atoms with Crippen LogP contribution in [-0.2, 0) is 14.8 Å². The maximum Gasteiger partial charge on any atom is 0.264 e. The van der Waals surface area contributed by atoms with Gasteiger partial charge in [-0.25, -0.2) is 8.42 Å². The molecule has 1 N–H and O–H groups in total. The van der Waals surface area contributed by atoms with Crippen LogP contribution < -0.4 is 14.4 Å². The molecule has 33 heavy (non-hydrogen) atoms. The highest BCUT2D eigenvalue weighted by molar-refractivity contribution is 7.92. The number of hydrogen-bond donors (Lipinski definition) is 1. The summed E-state index contributed by atoms with van der Waals surface area (Å²) in [7, 11) is -4.04. The minimum atomic E-state index is -4.04. The van der Waals surface area contributed by atoms with E-state index in [4.69, 9.17) is 27.9 Å². The Balaban J connectivity index is 1.71. The van der Waals surface area contributed by atoms with E-state index in [1.54, 1.807) is 18.2 Å². The third-order valence-corrected chi connectivity index (χ3v) is 7.15. The third-order valence-electron chi connectivity index (χ3n) is 4.93. The number of aryl methyl sites for hydroxylation is 2. The van der Waals surface area contributed by atoms with Crippen molar-refractivity contribution in [2.24, 2.45) is 0 Å². The number of carbonyl (C=O) groups excluding carboxylic acids is 1. The summed E-state index contributed by atoms with van der Waals surface area (Å²) in [4.78, 5) is 12.7. The van der Waals surface area contributed by atoms with E-state index in [2.05, 4.69) is 5.32 Å². The zero-order valence-electron chi connectivity index (χ0n) is 18.2. The summed E-state index contributed by atoms with van der Waals surface area (Å²) < 4.78 is 33.3. The lowest BCUT2D eigenvalue weighted by atomic mass is 10.1. The average Bonchev–Trinajstić information content (AvgIpc) is 2.77. The summed E-state index contributed by atoms with van der Waals surface area (Å²) in [5, 5.41) is 3.21. The Labute approximate surface area is 204 Å². The third kappa shape index (κ3) is 6.63. The molecule has 0 radical (unpaired) electrons. The maximum atomic E-state index is 13.3. The molecule has 0 fully saturated rings.